The highest BCUT2D eigenvalue weighted by Crippen LogP contribution is 2.24. The van der Waals surface area contributed by atoms with Gasteiger partial charge < -0.3 is 5.32 Å². The van der Waals surface area contributed by atoms with E-state index in [1.807, 2.05) is 7.05 Å². The third-order valence-electron chi connectivity index (χ3n) is 3.68. The molecule has 0 aliphatic carbocycles. The minimum absolute atomic E-state index is 0.181. The largest absolute Gasteiger partial charge is 0.317 e. The number of H-pyrrole nitrogens is 1. The highest BCUT2D eigenvalue weighted by Gasteiger charge is 2.34. The average molecular weight is 272 g/mol. The first-order chi connectivity index (χ1) is 8.59. The number of aromatic nitrogens is 2. The smallest absolute Gasteiger partial charge is 0.259 e. The maximum Gasteiger partial charge on any atom is 0.259 e. The molecule has 1 aromatic heterocycles. The second kappa shape index (κ2) is 5.38. The minimum atomic E-state index is -3.41. The molecule has 1 aromatic rings. The molecule has 102 valence electrons. The monoisotopic (exact) mass is 272 g/mol. The van der Waals surface area contributed by atoms with Gasteiger partial charge in [-0.15, -0.1) is 0 Å². The highest BCUT2D eigenvalue weighted by molar-refractivity contribution is 7.89. The van der Waals surface area contributed by atoms with Crippen LogP contribution in [0.4, 0.5) is 0 Å². The van der Waals surface area contributed by atoms with Crippen molar-refractivity contribution in [2.45, 2.75) is 30.8 Å². The van der Waals surface area contributed by atoms with E-state index in [0.717, 1.165) is 12.8 Å². The molecule has 2 unspecified atom stereocenters. The van der Waals surface area contributed by atoms with Gasteiger partial charge in [0.15, 0.2) is 5.03 Å². The van der Waals surface area contributed by atoms with Crippen molar-refractivity contribution >= 4 is 10.0 Å². The Balaban J connectivity index is 2.16. The fourth-order valence-electron chi connectivity index (χ4n) is 2.54. The van der Waals surface area contributed by atoms with E-state index in [2.05, 4.69) is 22.4 Å². The summed E-state index contributed by atoms with van der Waals surface area (Å²) in [6, 6.07) is 1.91. The summed E-state index contributed by atoms with van der Waals surface area (Å²) in [7, 11) is -1.47. The lowest BCUT2D eigenvalue weighted by molar-refractivity contribution is 0.209. The van der Waals surface area contributed by atoms with Crippen molar-refractivity contribution in [3.05, 3.63) is 12.3 Å². The number of aromatic amines is 1. The van der Waals surface area contributed by atoms with E-state index in [1.54, 1.807) is 4.31 Å². The van der Waals surface area contributed by atoms with Crippen LogP contribution in [-0.4, -0.2) is 49.1 Å². The van der Waals surface area contributed by atoms with Gasteiger partial charge in [0.1, 0.15) is 0 Å². The average Bonchev–Trinajstić information content (AvgIpc) is 2.92. The van der Waals surface area contributed by atoms with Crippen molar-refractivity contribution in [1.82, 2.24) is 19.8 Å². The molecule has 0 bridgehead atoms. The third kappa shape index (κ3) is 2.43. The van der Waals surface area contributed by atoms with Crippen LogP contribution in [-0.2, 0) is 10.0 Å². The van der Waals surface area contributed by atoms with Crippen LogP contribution in [0.15, 0.2) is 17.3 Å². The summed E-state index contributed by atoms with van der Waals surface area (Å²) in [5.74, 6) is 0.362. The maximum absolute atomic E-state index is 12.3. The van der Waals surface area contributed by atoms with Gasteiger partial charge in [-0.05, 0) is 25.5 Å². The van der Waals surface area contributed by atoms with Gasteiger partial charge in [-0.3, -0.25) is 5.10 Å². The molecule has 1 aliphatic heterocycles. The van der Waals surface area contributed by atoms with E-state index in [9.17, 15) is 8.42 Å². The van der Waals surface area contributed by atoms with Crippen molar-refractivity contribution in [3.63, 3.8) is 0 Å². The van der Waals surface area contributed by atoms with E-state index < -0.39 is 10.0 Å². The van der Waals surface area contributed by atoms with Gasteiger partial charge in [-0.2, -0.15) is 9.40 Å². The van der Waals surface area contributed by atoms with Crippen molar-refractivity contribution in [2.75, 3.05) is 20.1 Å². The first kappa shape index (κ1) is 13.5. The Kier molecular flexibility index (Phi) is 4.04. The number of piperidine rings is 1. The van der Waals surface area contributed by atoms with E-state index in [-0.39, 0.29) is 5.03 Å². The molecular formula is C11H20N4O2S. The van der Waals surface area contributed by atoms with Gasteiger partial charge in [0.25, 0.3) is 10.0 Å². The van der Waals surface area contributed by atoms with Gasteiger partial charge in [-0.1, -0.05) is 13.3 Å². The molecule has 0 spiro atoms. The van der Waals surface area contributed by atoms with E-state index in [1.165, 1.54) is 12.3 Å². The number of hydrogen-bond donors (Lipinski definition) is 2. The van der Waals surface area contributed by atoms with Gasteiger partial charge in [-0.25, -0.2) is 8.42 Å². The molecule has 2 heterocycles. The summed E-state index contributed by atoms with van der Waals surface area (Å²) in [4.78, 5) is 0. The van der Waals surface area contributed by atoms with Crippen LogP contribution in [0.2, 0.25) is 0 Å². The summed E-state index contributed by atoms with van der Waals surface area (Å²) in [5.41, 5.74) is 0. The summed E-state index contributed by atoms with van der Waals surface area (Å²) in [6.07, 6.45) is 3.29. The molecule has 0 saturated carbocycles. The number of nitrogens with one attached hydrogen (secondary N) is 2. The molecule has 0 amide bonds. The molecular weight excluding hydrogens is 252 g/mol. The van der Waals surface area contributed by atoms with Crippen LogP contribution in [0.1, 0.15) is 19.8 Å². The predicted molar refractivity (Wildman–Crippen MR) is 68.6 cm³/mol. The molecule has 0 radical (unpaired) electrons. The molecule has 2 N–H and O–H groups in total. The Morgan fingerprint density at radius 1 is 1.61 bits per heavy atom. The number of sulfonamides is 1. The highest BCUT2D eigenvalue weighted by atomic mass is 32.2. The topological polar surface area (TPSA) is 78.1 Å². The van der Waals surface area contributed by atoms with Crippen molar-refractivity contribution in [2.24, 2.45) is 5.92 Å². The summed E-state index contributed by atoms with van der Waals surface area (Å²) < 4.78 is 26.2. The summed E-state index contributed by atoms with van der Waals surface area (Å²) in [6.45, 7) is 3.23. The molecule has 6 nitrogen and oxygen atoms in total. The molecule has 1 fully saturated rings. The molecule has 2 rings (SSSR count). The van der Waals surface area contributed by atoms with Crippen LogP contribution in [0, 0.1) is 5.92 Å². The molecule has 18 heavy (non-hydrogen) atoms. The number of rotatable bonds is 4. The van der Waals surface area contributed by atoms with Gasteiger partial charge in [0.2, 0.25) is 0 Å². The van der Waals surface area contributed by atoms with Crippen LogP contribution in [0.25, 0.3) is 0 Å². The molecule has 2 atom stereocenters. The van der Waals surface area contributed by atoms with Crippen molar-refractivity contribution < 1.29 is 8.42 Å². The van der Waals surface area contributed by atoms with Crippen LogP contribution < -0.4 is 5.32 Å². The number of nitrogens with zero attached hydrogens (tertiary/aromatic N) is 2. The van der Waals surface area contributed by atoms with Crippen molar-refractivity contribution in [3.8, 4) is 0 Å². The van der Waals surface area contributed by atoms with Crippen LogP contribution >= 0.6 is 0 Å². The zero-order valence-electron chi connectivity index (χ0n) is 10.8. The van der Waals surface area contributed by atoms with Gasteiger partial charge in [0.05, 0.1) is 6.20 Å². The fraction of sp³-hybridized carbons (Fsp3) is 0.727. The Labute approximate surface area is 108 Å². The Hall–Kier alpha value is -0.920. The molecule has 1 aliphatic rings. The Morgan fingerprint density at radius 3 is 2.94 bits per heavy atom. The fourth-order valence-corrected chi connectivity index (χ4v) is 3.95. The standard InChI is InChI=1S/C11H20N4O2S/c1-3-9-8-15(7-5-10(9)12-2)18(16,17)11-4-6-13-14-11/h4,6,9-10,12H,3,5,7-8H2,1-2H3,(H,13,14). The van der Waals surface area contributed by atoms with E-state index in [0.29, 0.717) is 25.0 Å². The first-order valence-electron chi connectivity index (χ1n) is 6.26. The van der Waals surface area contributed by atoms with E-state index in [4.69, 9.17) is 0 Å². The second-order valence-corrected chi connectivity index (χ2v) is 6.54. The van der Waals surface area contributed by atoms with Gasteiger partial charge in [0, 0.05) is 19.1 Å². The zero-order valence-corrected chi connectivity index (χ0v) is 11.6. The SMILES string of the molecule is CCC1CN(S(=O)(=O)c2ccn[nH]2)CCC1NC. The summed E-state index contributed by atoms with van der Waals surface area (Å²) in [5, 5.41) is 9.70. The minimum Gasteiger partial charge on any atom is -0.317 e. The van der Waals surface area contributed by atoms with E-state index >= 15 is 0 Å². The number of hydrogen-bond acceptors (Lipinski definition) is 4. The Bertz CT molecular complexity index is 471. The first-order valence-corrected chi connectivity index (χ1v) is 7.70. The Morgan fingerprint density at radius 2 is 2.39 bits per heavy atom. The second-order valence-electron chi connectivity index (χ2n) is 4.64. The lowest BCUT2D eigenvalue weighted by atomic mass is 9.91. The van der Waals surface area contributed by atoms with Crippen LogP contribution in [0.5, 0.6) is 0 Å². The molecule has 0 aromatic carbocycles. The molecule has 7 heteroatoms. The summed E-state index contributed by atoms with van der Waals surface area (Å²) >= 11 is 0. The third-order valence-corrected chi connectivity index (χ3v) is 5.48. The van der Waals surface area contributed by atoms with Gasteiger partial charge >= 0.3 is 0 Å². The lowest BCUT2D eigenvalue weighted by Crippen LogP contribution is -2.50. The molecule has 1 saturated heterocycles. The maximum atomic E-state index is 12.3. The van der Waals surface area contributed by atoms with Crippen LogP contribution in [0.3, 0.4) is 0 Å². The quantitative estimate of drug-likeness (QED) is 0.832. The van der Waals surface area contributed by atoms with Crippen molar-refractivity contribution in [1.29, 1.82) is 0 Å². The zero-order chi connectivity index (χ0) is 13.2. The lowest BCUT2D eigenvalue weighted by Gasteiger charge is -2.37. The predicted octanol–water partition coefficient (Wildman–Crippen LogP) is 0.418. The normalized spacial score (nSPS) is 26.3.